The smallest absolute Gasteiger partial charge is 0.229 e. The van der Waals surface area contributed by atoms with Gasteiger partial charge in [-0.15, -0.1) is 0 Å². The second kappa shape index (κ2) is 9.05. The largest absolute Gasteiger partial charge is 0.491 e. The molecule has 0 aliphatic rings. The lowest BCUT2D eigenvalue weighted by Crippen LogP contribution is -2.06. The van der Waals surface area contributed by atoms with E-state index in [9.17, 15) is 4.79 Å². The third-order valence-corrected chi connectivity index (χ3v) is 3.81. The number of hydrogen-bond acceptors (Lipinski definition) is 6. The summed E-state index contributed by atoms with van der Waals surface area (Å²) < 4.78 is 5.67. The van der Waals surface area contributed by atoms with E-state index in [4.69, 9.17) is 4.74 Å². The van der Waals surface area contributed by atoms with Gasteiger partial charge in [-0.2, -0.15) is 4.98 Å². The molecule has 0 aliphatic carbocycles. The number of anilines is 5. The van der Waals surface area contributed by atoms with Crippen LogP contribution in [-0.4, -0.2) is 22.0 Å². The molecule has 2 aromatic carbocycles. The first-order valence-electron chi connectivity index (χ1n) is 9.41. The molecule has 150 valence electrons. The van der Waals surface area contributed by atoms with Crippen LogP contribution >= 0.6 is 0 Å². The van der Waals surface area contributed by atoms with E-state index in [1.165, 1.54) is 6.92 Å². The summed E-state index contributed by atoms with van der Waals surface area (Å²) in [6, 6.07) is 17.0. The quantitative estimate of drug-likeness (QED) is 0.524. The molecule has 1 aromatic heterocycles. The van der Waals surface area contributed by atoms with Gasteiger partial charge in [-0.3, -0.25) is 4.79 Å². The van der Waals surface area contributed by atoms with Gasteiger partial charge in [0.25, 0.3) is 0 Å². The molecular weight excluding hydrogens is 366 g/mol. The standard InChI is InChI=1S/C22H25N5O2/c1-14(2)29-20-11-9-18(10-12-20)25-21-13-15(3)23-22(27-21)26-19-7-5-17(6-8-19)24-16(4)28/h5-14H,1-4H3,(H,24,28)(H2,23,25,26,27). The maximum absolute atomic E-state index is 11.1. The fraction of sp³-hybridized carbons (Fsp3) is 0.227. The number of nitrogens with zero attached hydrogens (tertiary/aromatic N) is 2. The molecule has 7 heteroatoms. The number of aromatic nitrogens is 2. The lowest BCUT2D eigenvalue weighted by atomic mass is 10.3. The first-order chi connectivity index (χ1) is 13.9. The number of nitrogens with one attached hydrogen (secondary N) is 3. The van der Waals surface area contributed by atoms with Crippen molar-refractivity contribution < 1.29 is 9.53 Å². The minimum atomic E-state index is -0.104. The minimum absolute atomic E-state index is 0.104. The van der Waals surface area contributed by atoms with E-state index in [-0.39, 0.29) is 12.0 Å². The van der Waals surface area contributed by atoms with Crippen molar-refractivity contribution in [3.8, 4) is 5.75 Å². The molecule has 3 N–H and O–H groups in total. The molecule has 3 aromatic rings. The van der Waals surface area contributed by atoms with Crippen LogP contribution in [0.4, 0.5) is 28.8 Å². The van der Waals surface area contributed by atoms with Crippen LogP contribution in [0.5, 0.6) is 5.75 Å². The van der Waals surface area contributed by atoms with Gasteiger partial charge >= 0.3 is 0 Å². The van der Waals surface area contributed by atoms with Gasteiger partial charge in [0.15, 0.2) is 0 Å². The summed E-state index contributed by atoms with van der Waals surface area (Å²) in [5, 5.41) is 9.21. The summed E-state index contributed by atoms with van der Waals surface area (Å²) in [5.41, 5.74) is 3.30. The van der Waals surface area contributed by atoms with E-state index in [2.05, 4.69) is 25.9 Å². The summed E-state index contributed by atoms with van der Waals surface area (Å²) in [6.45, 7) is 7.39. The summed E-state index contributed by atoms with van der Waals surface area (Å²) in [7, 11) is 0. The number of amides is 1. The van der Waals surface area contributed by atoms with Crippen LogP contribution < -0.4 is 20.7 Å². The van der Waals surface area contributed by atoms with Crippen LogP contribution in [-0.2, 0) is 4.79 Å². The molecule has 0 atom stereocenters. The van der Waals surface area contributed by atoms with Crippen LogP contribution in [0.1, 0.15) is 26.5 Å². The van der Waals surface area contributed by atoms with Gasteiger partial charge in [0.1, 0.15) is 11.6 Å². The van der Waals surface area contributed by atoms with Gasteiger partial charge in [-0.05, 0) is 69.3 Å². The maximum Gasteiger partial charge on any atom is 0.229 e. The number of carbonyl (C=O) groups excluding carboxylic acids is 1. The molecular formula is C22H25N5O2. The lowest BCUT2D eigenvalue weighted by Gasteiger charge is -2.12. The lowest BCUT2D eigenvalue weighted by molar-refractivity contribution is -0.114. The Morgan fingerprint density at radius 2 is 1.48 bits per heavy atom. The Balaban J connectivity index is 1.70. The van der Waals surface area contributed by atoms with Crippen molar-refractivity contribution in [2.24, 2.45) is 0 Å². The number of rotatable bonds is 7. The zero-order valence-electron chi connectivity index (χ0n) is 17.0. The molecule has 0 saturated heterocycles. The highest BCUT2D eigenvalue weighted by atomic mass is 16.5. The van der Waals surface area contributed by atoms with Gasteiger partial charge < -0.3 is 20.7 Å². The van der Waals surface area contributed by atoms with Gasteiger partial charge in [0.05, 0.1) is 6.10 Å². The van der Waals surface area contributed by atoms with E-state index in [1.807, 2.05) is 75.4 Å². The summed E-state index contributed by atoms with van der Waals surface area (Å²) in [6.07, 6.45) is 0.138. The Bertz CT molecular complexity index is 969. The van der Waals surface area contributed by atoms with Crippen molar-refractivity contribution in [1.29, 1.82) is 0 Å². The SMILES string of the molecule is CC(=O)Nc1ccc(Nc2nc(C)cc(Nc3ccc(OC(C)C)cc3)n2)cc1. The minimum Gasteiger partial charge on any atom is -0.491 e. The molecule has 0 fully saturated rings. The third-order valence-electron chi connectivity index (χ3n) is 3.81. The Kier molecular flexibility index (Phi) is 6.29. The number of hydrogen-bond donors (Lipinski definition) is 3. The molecule has 7 nitrogen and oxygen atoms in total. The fourth-order valence-corrected chi connectivity index (χ4v) is 2.69. The van der Waals surface area contributed by atoms with Gasteiger partial charge in [0, 0.05) is 35.7 Å². The van der Waals surface area contributed by atoms with Crippen molar-refractivity contribution in [3.05, 3.63) is 60.3 Å². The first-order valence-corrected chi connectivity index (χ1v) is 9.41. The molecule has 0 aliphatic heterocycles. The second-order valence-corrected chi connectivity index (χ2v) is 6.92. The molecule has 0 spiro atoms. The summed E-state index contributed by atoms with van der Waals surface area (Å²) >= 11 is 0. The maximum atomic E-state index is 11.1. The average molecular weight is 391 g/mol. The van der Waals surface area contributed by atoms with Gasteiger partial charge in [-0.25, -0.2) is 4.98 Å². The van der Waals surface area contributed by atoms with E-state index < -0.39 is 0 Å². The third kappa shape index (κ3) is 6.21. The Morgan fingerprint density at radius 3 is 2.10 bits per heavy atom. The monoisotopic (exact) mass is 391 g/mol. The predicted octanol–water partition coefficient (Wildman–Crippen LogP) is 5.02. The number of benzene rings is 2. The molecule has 29 heavy (non-hydrogen) atoms. The topological polar surface area (TPSA) is 88.2 Å². The molecule has 1 amide bonds. The molecule has 0 radical (unpaired) electrons. The summed E-state index contributed by atoms with van der Waals surface area (Å²) in [4.78, 5) is 20.1. The fourth-order valence-electron chi connectivity index (χ4n) is 2.69. The molecule has 0 bridgehead atoms. The number of aryl methyl sites for hydroxylation is 1. The van der Waals surface area contributed by atoms with Crippen molar-refractivity contribution >= 4 is 34.7 Å². The summed E-state index contributed by atoms with van der Waals surface area (Å²) in [5.74, 6) is 1.90. The van der Waals surface area contributed by atoms with E-state index in [0.29, 0.717) is 11.8 Å². The number of ether oxygens (including phenoxy) is 1. The highest BCUT2D eigenvalue weighted by Crippen LogP contribution is 2.22. The van der Waals surface area contributed by atoms with Crippen LogP contribution in [0.3, 0.4) is 0 Å². The second-order valence-electron chi connectivity index (χ2n) is 6.92. The van der Waals surface area contributed by atoms with Crippen LogP contribution in [0.15, 0.2) is 54.6 Å². The van der Waals surface area contributed by atoms with Crippen LogP contribution in [0.2, 0.25) is 0 Å². The molecule has 3 rings (SSSR count). The molecule has 1 heterocycles. The van der Waals surface area contributed by atoms with E-state index >= 15 is 0 Å². The normalized spacial score (nSPS) is 10.5. The van der Waals surface area contributed by atoms with Gasteiger partial charge in [-0.1, -0.05) is 0 Å². The van der Waals surface area contributed by atoms with Crippen molar-refractivity contribution in [2.75, 3.05) is 16.0 Å². The Morgan fingerprint density at radius 1 is 0.897 bits per heavy atom. The Hall–Kier alpha value is -3.61. The van der Waals surface area contributed by atoms with Gasteiger partial charge in [0.2, 0.25) is 11.9 Å². The van der Waals surface area contributed by atoms with Crippen LogP contribution in [0.25, 0.3) is 0 Å². The predicted molar refractivity (Wildman–Crippen MR) is 116 cm³/mol. The van der Waals surface area contributed by atoms with E-state index in [1.54, 1.807) is 0 Å². The zero-order chi connectivity index (χ0) is 20.8. The zero-order valence-corrected chi connectivity index (χ0v) is 17.0. The molecule has 0 saturated carbocycles. The van der Waals surface area contributed by atoms with Crippen molar-refractivity contribution in [1.82, 2.24) is 9.97 Å². The van der Waals surface area contributed by atoms with Crippen LogP contribution in [0, 0.1) is 6.92 Å². The average Bonchev–Trinajstić information content (AvgIpc) is 2.64. The van der Waals surface area contributed by atoms with Crippen molar-refractivity contribution in [2.45, 2.75) is 33.8 Å². The number of carbonyl (C=O) groups is 1. The van der Waals surface area contributed by atoms with Crippen molar-refractivity contribution in [3.63, 3.8) is 0 Å². The first kappa shape index (κ1) is 20.1. The Labute approximate surface area is 170 Å². The molecule has 0 unspecified atom stereocenters. The highest BCUT2D eigenvalue weighted by Gasteiger charge is 2.05. The van der Waals surface area contributed by atoms with E-state index in [0.717, 1.165) is 28.5 Å². The highest BCUT2D eigenvalue weighted by molar-refractivity contribution is 5.88.